The van der Waals surface area contributed by atoms with Gasteiger partial charge in [0.1, 0.15) is 0 Å². The maximum absolute atomic E-state index is 12.6. The molecular formula is C24H26N6O4S. The van der Waals surface area contributed by atoms with Gasteiger partial charge in [0.15, 0.2) is 11.0 Å². The molecule has 35 heavy (non-hydrogen) atoms. The first kappa shape index (κ1) is 25.6. The number of aryl methyl sites for hydroxylation is 2. The standard InChI is InChI=1S/C24H26N6O4S/c1-5-11-29-22(17(4)25-23(32)18-8-6-7-15(2)12-18)27-28-24(29)35-14-21(31)26-20-10-9-19(30(33)34)13-16(20)3/h5-10,12-13,17H,1,11,14H2,2-4H3,(H,25,32)(H,26,31)/t17-/m1/s1. The van der Waals surface area contributed by atoms with Crippen LogP contribution in [0.5, 0.6) is 0 Å². The third-order valence-electron chi connectivity index (χ3n) is 5.10. The molecule has 0 radical (unpaired) electrons. The molecule has 3 aromatic rings. The number of nitrogens with one attached hydrogen (secondary N) is 2. The van der Waals surface area contributed by atoms with E-state index in [4.69, 9.17) is 0 Å². The summed E-state index contributed by atoms with van der Waals surface area (Å²) >= 11 is 1.19. The Hall–Kier alpha value is -3.99. The summed E-state index contributed by atoms with van der Waals surface area (Å²) in [5.74, 6) is 0.0827. The lowest BCUT2D eigenvalue weighted by Gasteiger charge is -2.15. The van der Waals surface area contributed by atoms with Gasteiger partial charge in [0.2, 0.25) is 5.91 Å². The van der Waals surface area contributed by atoms with Crippen molar-refractivity contribution in [1.29, 1.82) is 0 Å². The van der Waals surface area contributed by atoms with E-state index in [1.165, 1.54) is 30.0 Å². The van der Waals surface area contributed by atoms with Crippen molar-refractivity contribution in [2.24, 2.45) is 0 Å². The van der Waals surface area contributed by atoms with Crippen LogP contribution in [0.15, 0.2) is 60.3 Å². The summed E-state index contributed by atoms with van der Waals surface area (Å²) in [6.45, 7) is 9.60. The number of hydrogen-bond donors (Lipinski definition) is 2. The third kappa shape index (κ3) is 6.54. The van der Waals surface area contributed by atoms with Gasteiger partial charge < -0.3 is 15.2 Å². The number of nitro benzene ring substituents is 1. The molecule has 0 unspecified atom stereocenters. The molecule has 0 saturated carbocycles. The number of aromatic nitrogens is 3. The van der Waals surface area contributed by atoms with Crippen LogP contribution in [0.2, 0.25) is 0 Å². The van der Waals surface area contributed by atoms with Crippen molar-refractivity contribution in [3.05, 3.63) is 87.7 Å². The quantitative estimate of drug-likeness (QED) is 0.187. The van der Waals surface area contributed by atoms with Crippen molar-refractivity contribution >= 4 is 35.0 Å². The smallest absolute Gasteiger partial charge is 0.269 e. The van der Waals surface area contributed by atoms with Gasteiger partial charge in [0, 0.05) is 29.9 Å². The number of anilines is 1. The number of amides is 2. The number of carbonyl (C=O) groups excluding carboxylic acids is 2. The first-order valence-corrected chi connectivity index (χ1v) is 11.8. The molecule has 182 valence electrons. The van der Waals surface area contributed by atoms with E-state index in [1.54, 1.807) is 23.6 Å². The summed E-state index contributed by atoms with van der Waals surface area (Å²) in [5, 5.41) is 25.5. The van der Waals surface area contributed by atoms with E-state index in [0.29, 0.717) is 34.3 Å². The largest absolute Gasteiger partial charge is 0.342 e. The molecule has 1 aromatic heterocycles. The first-order chi connectivity index (χ1) is 16.7. The molecule has 11 heteroatoms. The van der Waals surface area contributed by atoms with E-state index in [0.717, 1.165) is 5.56 Å². The van der Waals surface area contributed by atoms with Gasteiger partial charge >= 0.3 is 0 Å². The summed E-state index contributed by atoms with van der Waals surface area (Å²) in [4.78, 5) is 35.6. The molecule has 10 nitrogen and oxygen atoms in total. The monoisotopic (exact) mass is 494 g/mol. The highest BCUT2D eigenvalue weighted by Gasteiger charge is 2.21. The second kappa shape index (κ2) is 11.4. The van der Waals surface area contributed by atoms with Gasteiger partial charge in [-0.15, -0.1) is 16.8 Å². The minimum absolute atomic E-state index is 0.0384. The van der Waals surface area contributed by atoms with Crippen molar-refractivity contribution in [3.63, 3.8) is 0 Å². The number of benzene rings is 2. The number of allylic oxidation sites excluding steroid dienone is 1. The number of hydrogen-bond acceptors (Lipinski definition) is 7. The number of nitro groups is 1. The molecule has 0 fully saturated rings. The van der Waals surface area contributed by atoms with E-state index in [2.05, 4.69) is 27.4 Å². The molecule has 2 amide bonds. The molecule has 0 saturated heterocycles. The average Bonchev–Trinajstić information content (AvgIpc) is 3.21. The van der Waals surface area contributed by atoms with Crippen LogP contribution in [0.4, 0.5) is 11.4 Å². The topological polar surface area (TPSA) is 132 Å². The zero-order valence-electron chi connectivity index (χ0n) is 19.6. The SMILES string of the molecule is C=CCn1c(SCC(=O)Nc2ccc([N+](=O)[O-])cc2C)nnc1[C@@H](C)NC(=O)c1cccc(C)c1. The summed E-state index contributed by atoms with van der Waals surface area (Å²) in [6, 6.07) is 11.1. The van der Waals surface area contributed by atoms with Crippen molar-refractivity contribution in [3.8, 4) is 0 Å². The number of thioether (sulfide) groups is 1. The van der Waals surface area contributed by atoms with Gasteiger partial charge in [0.25, 0.3) is 11.6 Å². The predicted molar refractivity (Wildman–Crippen MR) is 134 cm³/mol. The minimum atomic E-state index is -0.483. The molecule has 0 aliphatic carbocycles. The van der Waals surface area contributed by atoms with Crippen molar-refractivity contribution < 1.29 is 14.5 Å². The van der Waals surface area contributed by atoms with Crippen LogP contribution in [-0.2, 0) is 11.3 Å². The lowest BCUT2D eigenvalue weighted by Crippen LogP contribution is -2.29. The van der Waals surface area contributed by atoms with Crippen LogP contribution < -0.4 is 10.6 Å². The maximum Gasteiger partial charge on any atom is 0.269 e. The highest BCUT2D eigenvalue weighted by atomic mass is 32.2. The number of rotatable bonds is 10. The van der Waals surface area contributed by atoms with Crippen molar-refractivity contribution in [2.75, 3.05) is 11.1 Å². The summed E-state index contributed by atoms with van der Waals surface area (Å²) < 4.78 is 1.79. The van der Waals surface area contributed by atoms with E-state index >= 15 is 0 Å². The van der Waals surface area contributed by atoms with Crippen LogP contribution in [0.1, 0.15) is 40.3 Å². The van der Waals surface area contributed by atoms with Gasteiger partial charge in [-0.25, -0.2) is 0 Å². The highest BCUT2D eigenvalue weighted by molar-refractivity contribution is 7.99. The molecule has 0 bridgehead atoms. The lowest BCUT2D eigenvalue weighted by atomic mass is 10.1. The molecule has 1 atom stereocenters. The van der Waals surface area contributed by atoms with Crippen LogP contribution in [0.25, 0.3) is 0 Å². The fourth-order valence-electron chi connectivity index (χ4n) is 3.38. The first-order valence-electron chi connectivity index (χ1n) is 10.8. The molecule has 3 rings (SSSR count). The van der Waals surface area contributed by atoms with E-state index in [9.17, 15) is 19.7 Å². The van der Waals surface area contributed by atoms with Crippen molar-refractivity contribution in [1.82, 2.24) is 20.1 Å². The molecule has 0 spiro atoms. The Morgan fingerprint density at radius 1 is 1.23 bits per heavy atom. The normalized spacial score (nSPS) is 11.5. The van der Waals surface area contributed by atoms with Gasteiger partial charge in [-0.05, 0) is 44.5 Å². The average molecular weight is 495 g/mol. The number of carbonyl (C=O) groups is 2. The Kier molecular flexibility index (Phi) is 8.37. The summed E-state index contributed by atoms with van der Waals surface area (Å²) in [6.07, 6.45) is 1.69. The summed E-state index contributed by atoms with van der Waals surface area (Å²) in [5.41, 5.74) is 2.60. The zero-order valence-corrected chi connectivity index (χ0v) is 20.5. The minimum Gasteiger partial charge on any atom is -0.342 e. The van der Waals surface area contributed by atoms with E-state index in [-0.39, 0.29) is 23.3 Å². The molecule has 2 N–H and O–H groups in total. The van der Waals surface area contributed by atoms with Crippen LogP contribution >= 0.6 is 11.8 Å². The second-order valence-corrected chi connectivity index (χ2v) is 8.84. The Balaban J connectivity index is 1.67. The fraction of sp³-hybridized carbons (Fsp3) is 0.250. The summed E-state index contributed by atoms with van der Waals surface area (Å²) in [7, 11) is 0. The molecule has 0 aliphatic rings. The number of non-ortho nitro benzene ring substituents is 1. The Bertz CT molecular complexity index is 1270. The van der Waals surface area contributed by atoms with Crippen LogP contribution in [-0.4, -0.2) is 37.3 Å². The Morgan fingerprint density at radius 2 is 2.00 bits per heavy atom. The molecule has 2 aromatic carbocycles. The Morgan fingerprint density at radius 3 is 2.66 bits per heavy atom. The molecular weight excluding hydrogens is 468 g/mol. The molecule has 0 aliphatic heterocycles. The fourth-order valence-corrected chi connectivity index (χ4v) is 4.13. The maximum atomic E-state index is 12.6. The lowest BCUT2D eigenvalue weighted by molar-refractivity contribution is -0.384. The highest BCUT2D eigenvalue weighted by Crippen LogP contribution is 2.24. The van der Waals surface area contributed by atoms with E-state index in [1.807, 2.05) is 32.0 Å². The Labute approximate surface area is 207 Å². The molecule has 1 heterocycles. The third-order valence-corrected chi connectivity index (χ3v) is 6.07. The second-order valence-electron chi connectivity index (χ2n) is 7.90. The zero-order chi connectivity index (χ0) is 25.5. The van der Waals surface area contributed by atoms with E-state index < -0.39 is 11.0 Å². The number of nitrogens with zero attached hydrogens (tertiary/aromatic N) is 4. The van der Waals surface area contributed by atoms with Gasteiger partial charge in [-0.2, -0.15) is 0 Å². The van der Waals surface area contributed by atoms with Crippen LogP contribution in [0, 0.1) is 24.0 Å². The predicted octanol–water partition coefficient (Wildman–Crippen LogP) is 4.21. The van der Waals surface area contributed by atoms with Gasteiger partial charge in [-0.3, -0.25) is 19.7 Å². The van der Waals surface area contributed by atoms with Gasteiger partial charge in [-0.1, -0.05) is 35.5 Å². The van der Waals surface area contributed by atoms with Gasteiger partial charge in [0.05, 0.1) is 16.7 Å². The van der Waals surface area contributed by atoms with Crippen LogP contribution in [0.3, 0.4) is 0 Å². The van der Waals surface area contributed by atoms with Crippen molar-refractivity contribution in [2.45, 2.75) is 38.5 Å².